The minimum Gasteiger partial charge on any atom is -0.366 e. The van der Waals surface area contributed by atoms with E-state index in [0.29, 0.717) is 0 Å². The van der Waals surface area contributed by atoms with Crippen LogP contribution in [-0.2, 0) is 32.5 Å². The summed E-state index contributed by atoms with van der Waals surface area (Å²) >= 11 is 0. The van der Waals surface area contributed by atoms with E-state index in [1.54, 1.807) is 0 Å². The van der Waals surface area contributed by atoms with Gasteiger partial charge in [-0.15, -0.1) is 0 Å². The van der Waals surface area contributed by atoms with Crippen LogP contribution in [-0.4, -0.2) is 65.9 Å². The fraction of sp³-hybridized carbons (Fsp3) is 0.500. The first kappa shape index (κ1) is 29.6. The lowest BCUT2D eigenvalue weighted by atomic mass is 10.1. The molecule has 13 nitrogen and oxygen atoms in total. The monoisotopic (exact) mass is 482 g/mol. The summed E-state index contributed by atoms with van der Waals surface area (Å²) in [5, 5.41) is 55.9. The summed E-state index contributed by atoms with van der Waals surface area (Å²) in [5.74, 6) is -12.1. The molecule has 0 aliphatic carbocycles. The Hall–Kier alpha value is -2.38. The Morgan fingerprint density at radius 3 is 0.969 bits per heavy atom. The number of rotatable bonds is 12. The van der Waals surface area contributed by atoms with Gasteiger partial charge in [-0.2, -0.15) is 4.57 Å². The van der Waals surface area contributed by atoms with Gasteiger partial charge in [0.25, 0.3) is 0 Å². The van der Waals surface area contributed by atoms with Crippen molar-refractivity contribution in [2.24, 2.45) is 0 Å². The summed E-state index contributed by atoms with van der Waals surface area (Å²) in [7, 11) is -5.47. The second-order valence-electron chi connectivity index (χ2n) is 7.58. The molecule has 0 fully saturated rings. The first-order valence-corrected chi connectivity index (χ1v) is 10.2. The lowest BCUT2D eigenvalue weighted by Crippen LogP contribution is -2.27. The van der Waals surface area contributed by atoms with Gasteiger partial charge < -0.3 is 44.2 Å². The van der Waals surface area contributed by atoms with Crippen LogP contribution in [0.1, 0.15) is 40.0 Å². The molecule has 0 saturated heterocycles. The van der Waals surface area contributed by atoms with Gasteiger partial charge in [-0.25, -0.2) is 14.4 Å². The summed E-state index contributed by atoms with van der Waals surface area (Å²) in [6.45, 7) is 12.2. The van der Waals surface area contributed by atoms with Crippen molar-refractivity contribution >= 4 is 25.7 Å². The van der Waals surface area contributed by atoms with Crippen LogP contribution in [0.4, 0.5) is 0 Å². The summed E-state index contributed by atoms with van der Waals surface area (Å²) in [5.41, 5.74) is -2.00. The quantitative estimate of drug-likeness (QED) is 0.119. The summed E-state index contributed by atoms with van der Waals surface area (Å²) < 4.78 is 26.1. The van der Waals surface area contributed by atoms with Crippen molar-refractivity contribution in [3.63, 3.8) is 0 Å². The van der Waals surface area contributed by atoms with Gasteiger partial charge in [0.1, 0.15) is 0 Å². The van der Waals surface area contributed by atoms with Crippen LogP contribution >= 0.6 is 7.82 Å². The number of hydrogen-bond donors (Lipinski definition) is 6. The molecule has 32 heavy (non-hydrogen) atoms. The van der Waals surface area contributed by atoms with Crippen molar-refractivity contribution in [3.05, 3.63) is 36.5 Å². The minimum atomic E-state index is -5.47. The van der Waals surface area contributed by atoms with E-state index in [-0.39, 0.29) is 0 Å². The van der Waals surface area contributed by atoms with E-state index in [1.165, 1.54) is 0 Å². The summed E-state index contributed by atoms with van der Waals surface area (Å²) in [6.07, 6.45) is -2.39. The summed E-state index contributed by atoms with van der Waals surface area (Å²) in [4.78, 5) is 36.3. The highest BCUT2D eigenvalue weighted by molar-refractivity contribution is 7.50. The zero-order chi connectivity index (χ0) is 25.7. The molecule has 182 valence electrons. The SMILES string of the molecule is C=C(CC(C)(O)O)C(=O)OP(=O)(OC(=O)C(=C)CC(C)(O)O)OC(=O)C(=C)CC(C)(O)O. The van der Waals surface area contributed by atoms with E-state index in [2.05, 4.69) is 33.3 Å². The molecule has 0 radical (unpaired) electrons. The van der Waals surface area contributed by atoms with E-state index in [9.17, 15) is 49.6 Å². The Morgan fingerprint density at radius 2 is 0.812 bits per heavy atom. The molecule has 0 aromatic carbocycles. The number of phosphoric acid groups is 1. The molecule has 0 aromatic rings. The van der Waals surface area contributed by atoms with Crippen LogP contribution in [0.2, 0.25) is 0 Å². The lowest BCUT2D eigenvalue weighted by Gasteiger charge is -2.22. The predicted octanol–water partition coefficient (Wildman–Crippen LogP) is -0.335. The molecular weight excluding hydrogens is 455 g/mol. The molecule has 6 N–H and O–H groups in total. The molecule has 0 heterocycles. The normalized spacial score (nSPS) is 12.5. The first-order valence-electron chi connectivity index (χ1n) is 8.73. The fourth-order valence-corrected chi connectivity index (χ4v) is 3.09. The average Bonchev–Trinajstić information content (AvgIpc) is 2.49. The molecule has 0 aliphatic heterocycles. The van der Waals surface area contributed by atoms with E-state index >= 15 is 0 Å². The molecule has 0 rings (SSSR count). The Kier molecular flexibility index (Phi) is 9.71. The van der Waals surface area contributed by atoms with Gasteiger partial charge in [-0.1, -0.05) is 19.7 Å². The van der Waals surface area contributed by atoms with Gasteiger partial charge in [0.05, 0.1) is 0 Å². The lowest BCUT2D eigenvalue weighted by molar-refractivity contribution is -0.154. The molecule has 14 heteroatoms. The zero-order valence-electron chi connectivity index (χ0n) is 17.7. The topological polar surface area (TPSA) is 217 Å². The van der Waals surface area contributed by atoms with Gasteiger partial charge in [0, 0.05) is 36.0 Å². The third-order valence-electron chi connectivity index (χ3n) is 3.10. The number of hydrogen-bond acceptors (Lipinski definition) is 13. The maximum Gasteiger partial charge on any atom is 0.654 e. The average molecular weight is 482 g/mol. The predicted molar refractivity (Wildman–Crippen MR) is 106 cm³/mol. The highest BCUT2D eigenvalue weighted by Crippen LogP contribution is 2.51. The van der Waals surface area contributed by atoms with E-state index in [0.717, 1.165) is 20.8 Å². The van der Waals surface area contributed by atoms with Crippen LogP contribution in [0.3, 0.4) is 0 Å². The van der Waals surface area contributed by atoms with Gasteiger partial charge in [0.2, 0.25) is 0 Å². The number of aliphatic hydroxyl groups is 6. The molecule has 0 saturated carbocycles. The molecule has 0 spiro atoms. The highest BCUT2D eigenvalue weighted by atomic mass is 31.2. The van der Waals surface area contributed by atoms with E-state index < -0.39 is 79.1 Å². The van der Waals surface area contributed by atoms with Crippen molar-refractivity contribution < 1.29 is 63.2 Å². The van der Waals surface area contributed by atoms with E-state index in [4.69, 9.17) is 0 Å². The third-order valence-corrected chi connectivity index (χ3v) is 4.26. The van der Waals surface area contributed by atoms with Crippen molar-refractivity contribution in [1.82, 2.24) is 0 Å². The molecule has 0 aromatic heterocycles. The Labute approximate surface area is 183 Å². The molecular formula is C18H27O13P. The molecule has 0 aliphatic rings. The van der Waals surface area contributed by atoms with Crippen molar-refractivity contribution in [1.29, 1.82) is 0 Å². The fourth-order valence-electron chi connectivity index (χ4n) is 1.98. The third kappa shape index (κ3) is 12.5. The first-order chi connectivity index (χ1) is 14.0. The molecule has 0 atom stereocenters. The van der Waals surface area contributed by atoms with Crippen LogP contribution in [0.15, 0.2) is 36.5 Å². The summed E-state index contributed by atoms with van der Waals surface area (Å²) in [6, 6.07) is 0. The number of carbonyl (C=O) groups is 3. The van der Waals surface area contributed by atoms with Gasteiger partial charge >= 0.3 is 25.7 Å². The van der Waals surface area contributed by atoms with Crippen LogP contribution in [0.5, 0.6) is 0 Å². The minimum absolute atomic E-state index is 0.668. The van der Waals surface area contributed by atoms with Crippen molar-refractivity contribution in [2.75, 3.05) is 0 Å². The second kappa shape index (κ2) is 10.5. The smallest absolute Gasteiger partial charge is 0.366 e. The van der Waals surface area contributed by atoms with Gasteiger partial charge in [0.15, 0.2) is 17.4 Å². The van der Waals surface area contributed by atoms with Crippen LogP contribution < -0.4 is 0 Å². The van der Waals surface area contributed by atoms with Crippen LogP contribution in [0, 0.1) is 0 Å². The van der Waals surface area contributed by atoms with Crippen molar-refractivity contribution in [2.45, 2.75) is 57.4 Å². The Balaban J connectivity index is 5.74. The Morgan fingerprint density at radius 1 is 0.625 bits per heavy atom. The molecule has 0 bridgehead atoms. The number of phosphoric ester groups is 1. The maximum atomic E-state index is 12.8. The standard InChI is InChI=1S/C18H27O13P/c1-10(7-16(4,22)23)13(19)29-32(28,30-14(20)11(2)8-17(5,24)25)31-15(21)12(3)9-18(6,26)27/h22-27H,1-3,7-9H2,4-6H3. The van der Waals surface area contributed by atoms with E-state index in [1.807, 2.05) is 0 Å². The highest BCUT2D eigenvalue weighted by Gasteiger charge is 2.42. The number of carbonyl (C=O) groups excluding carboxylic acids is 3. The van der Waals surface area contributed by atoms with Crippen molar-refractivity contribution in [3.8, 4) is 0 Å². The van der Waals surface area contributed by atoms with Gasteiger partial charge in [-0.05, 0) is 20.8 Å². The zero-order valence-corrected chi connectivity index (χ0v) is 18.6. The Bertz CT molecular complexity index is 727. The van der Waals surface area contributed by atoms with Gasteiger partial charge in [-0.3, -0.25) is 0 Å². The second-order valence-corrected chi connectivity index (χ2v) is 9.02. The maximum absolute atomic E-state index is 12.8. The largest absolute Gasteiger partial charge is 0.654 e. The molecule has 0 unspecified atom stereocenters. The van der Waals surface area contributed by atoms with Crippen LogP contribution in [0.25, 0.3) is 0 Å². The molecule has 0 amide bonds.